The first kappa shape index (κ1) is 19.5. The molecule has 4 nitrogen and oxygen atoms in total. The predicted octanol–water partition coefficient (Wildman–Crippen LogP) is 1.45. The van der Waals surface area contributed by atoms with Crippen molar-refractivity contribution in [3.8, 4) is 0 Å². The number of carboxylic acids is 2. The van der Waals surface area contributed by atoms with Gasteiger partial charge in [0.15, 0.2) is 0 Å². The van der Waals surface area contributed by atoms with Crippen LogP contribution in [0.4, 0.5) is 0 Å². The number of carbonyl (C=O) groups is 2. The molecule has 0 aromatic heterocycles. The molecule has 0 aromatic rings. The molecule has 2 radical (unpaired) electrons. The van der Waals surface area contributed by atoms with E-state index in [-0.39, 0.29) is 65.4 Å². The average Bonchev–Trinajstić information content (AvgIpc) is 2.08. The zero-order chi connectivity index (χ0) is 10.9. The van der Waals surface area contributed by atoms with Gasteiger partial charge in [0.25, 0.3) is 0 Å². The first-order valence-corrected chi connectivity index (χ1v) is 4.89. The summed E-state index contributed by atoms with van der Waals surface area (Å²) in [5.74, 6) is -2.77. The van der Waals surface area contributed by atoms with Crippen molar-refractivity contribution in [2.75, 3.05) is 0 Å². The summed E-state index contributed by atoms with van der Waals surface area (Å²) in [5, 5.41) is 17.8. The van der Waals surface area contributed by atoms with E-state index in [1.54, 1.807) is 0 Å². The minimum atomic E-state index is -0.976. The quantitative estimate of drug-likeness (QED) is 0.763. The average molecular weight is 378 g/mol. The van der Waals surface area contributed by atoms with Crippen LogP contribution in [0.3, 0.4) is 0 Å². The van der Waals surface area contributed by atoms with Gasteiger partial charge in [0, 0.05) is 65.4 Å². The largest absolute Gasteiger partial charge is 0.481 e. The molecule has 1 fully saturated rings. The van der Waals surface area contributed by atoms with E-state index in [0.29, 0.717) is 24.7 Å². The summed E-state index contributed by atoms with van der Waals surface area (Å²) < 4.78 is 0. The minimum Gasteiger partial charge on any atom is -0.481 e. The van der Waals surface area contributed by atoms with Gasteiger partial charge in [0.1, 0.15) is 0 Å². The second-order valence-electron chi connectivity index (χ2n) is 4.32. The smallest absolute Gasteiger partial charge is 0.307 e. The Labute approximate surface area is 146 Å². The maximum atomic E-state index is 10.9. The molecule has 4 atom stereocenters. The molecule has 0 heterocycles. The van der Waals surface area contributed by atoms with E-state index in [0.717, 1.165) is 0 Å². The first-order valence-electron chi connectivity index (χ1n) is 4.89. The topological polar surface area (TPSA) is 74.6 Å². The monoisotopic (exact) mass is 378 g/mol. The van der Waals surface area contributed by atoms with Gasteiger partial charge in [-0.05, 0) is 24.7 Å². The zero-order valence-electron chi connectivity index (χ0n) is 9.59. The van der Waals surface area contributed by atoms with Gasteiger partial charge in [-0.25, -0.2) is 0 Å². The van der Waals surface area contributed by atoms with E-state index in [1.807, 2.05) is 13.8 Å². The van der Waals surface area contributed by atoms with Gasteiger partial charge in [-0.1, -0.05) is 13.8 Å². The van der Waals surface area contributed by atoms with Gasteiger partial charge >= 0.3 is 11.9 Å². The van der Waals surface area contributed by atoms with Crippen LogP contribution < -0.4 is 0 Å². The molecule has 1 aliphatic carbocycles. The van der Waals surface area contributed by atoms with Gasteiger partial charge in [-0.3, -0.25) is 9.59 Å². The molecule has 16 heavy (non-hydrogen) atoms. The van der Waals surface area contributed by atoms with Crippen LogP contribution in [0.1, 0.15) is 26.7 Å². The van der Waals surface area contributed by atoms with Gasteiger partial charge < -0.3 is 10.2 Å². The third-order valence-corrected chi connectivity index (χ3v) is 3.34. The Balaban J connectivity index is 0. The summed E-state index contributed by atoms with van der Waals surface area (Å²) in [7, 11) is 0. The van der Waals surface area contributed by atoms with E-state index < -0.39 is 23.8 Å². The van der Waals surface area contributed by atoms with Gasteiger partial charge in [0.2, 0.25) is 0 Å². The van der Waals surface area contributed by atoms with Crippen LogP contribution in [-0.4, -0.2) is 22.2 Å². The summed E-state index contributed by atoms with van der Waals surface area (Å²) >= 11 is 0. The third kappa shape index (κ3) is 4.79. The van der Waals surface area contributed by atoms with Gasteiger partial charge in [0.05, 0.1) is 11.8 Å². The molecule has 1 saturated carbocycles. The molecule has 0 bridgehead atoms. The molecule has 2 N–H and O–H groups in total. The Kier molecular flexibility index (Phi) is 10.1. The second kappa shape index (κ2) is 8.28. The number of hydrogen-bond donors (Lipinski definition) is 2. The van der Waals surface area contributed by atoms with Crippen LogP contribution in [0.2, 0.25) is 0 Å². The summed E-state index contributed by atoms with van der Waals surface area (Å²) in [6.07, 6.45) is 0.959. The van der Waals surface area contributed by atoms with E-state index in [1.165, 1.54) is 0 Å². The normalized spacial score (nSPS) is 33.1. The summed E-state index contributed by atoms with van der Waals surface area (Å²) in [5.41, 5.74) is 0. The molecule has 86 valence electrons. The molecule has 0 saturated heterocycles. The van der Waals surface area contributed by atoms with Crippen LogP contribution in [0.15, 0.2) is 0 Å². The molecule has 1 aliphatic rings. The molecule has 0 aliphatic heterocycles. The molecular formula is C10H16O4Y2. The SMILES string of the molecule is CC1CC(C(=O)O)C(C(=O)O)CC1C.[Y].[Y]. The van der Waals surface area contributed by atoms with Crippen molar-refractivity contribution in [3.05, 3.63) is 0 Å². The molecule has 0 spiro atoms. The maximum Gasteiger partial charge on any atom is 0.307 e. The van der Waals surface area contributed by atoms with E-state index in [9.17, 15) is 9.59 Å². The molecule has 0 aromatic carbocycles. The molecule has 1 rings (SSSR count). The van der Waals surface area contributed by atoms with Crippen LogP contribution in [0.5, 0.6) is 0 Å². The van der Waals surface area contributed by atoms with E-state index in [2.05, 4.69) is 0 Å². The van der Waals surface area contributed by atoms with Crippen molar-refractivity contribution < 1.29 is 85.2 Å². The Morgan fingerprint density at radius 2 is 1.12 bits per heavy atom. The summed E-state index contributed by atoms with van der Waals surface area (Å²) in [4.78, 5) is 21.7. The van der Waals surface area contributed by atoms with Gasteiger partial charge in [-0.15, -0.1) is 0 Å². The fourth-order valence-electron chi connectivity index (χ4n) is 2.14. The minimum absolute atomic E-state index is 0. The van der Waals surface area contributed by atoms with Crippen molar-refractivity contribution in [1.82, 2.24) is 0 Å². The molecule has 0 amide bonds. The molecular weight excluding hydrogens is 362 g/mol. The number of hydrogen-bond acceptors (Lipinski definition) is 2. The number of carboxylic acid groups (broad SMARTS) is 2. The van der Waals surface area contributed by atoms with Crippen molar-refractivity contribution in [2.24, 2.45) is 23.7 Å². The maximum absolute atomic E-state index is 10.9. The zero-order valence-corrected chi connectivity index (χ0v) is 15.3. The van der Waals surface area contributed by atoms with Crippen LogP contribution in [-0.2, 0) is 75.0 Å². The third-order valence-electron chi connectivity index (χ3n) is 3.34. The fourth-order valence-corrected chi connectivity index (χ4v) is 2.14. The number of rotatable bonds is 2. The van der Waals surface area contributed by atoms with Crippen LogP contribution in [0, 0.1) is 23.7 Å². The van der Waals surface area contributed by atoms with Crippen molar-refractivity contribution in [2.45, 2.75) is 26.7 Å². The summed E-state index contributed by atoms with van der Waals surface area (Å²) in [6.45, 7) is 3.97. The van der Waals surface area contributed by atoms with Crippen molar-refractivity contribution in [3.63, 3.8) is 0 Å². The predicted molar refractivity (Wildman–Crippen MR) is 49.8 cm³/mol. The molecule has 4 unspecified atom stereocenters. The Morgan fingerprint density at radius 3 is 1.31 bits per heavy atom. The fraction of sp³-hybridized carbons (Fsp3) is 0.800. The van der Waals surface area contributed by atoms with Crippen LogP contribution in [0.25, 0.3) is 0 Å². The van der Waals surface area contributed by atoms with Crippen molar-refractivity contribution in [1.29, 1.82) is 0 Å². The van der Waals surface area contributed by atoms with E-state index in [4.69, 9.17) is 10.2 Å². The molecule has 6 heteroatoms. The van der Waals surface area contributed by atoms with Crippen LogP contribution >= 0.6 is 0 Å². The Morgan fingerprint density at radius 1 is 0.875 bits per heavy atom. The van der Waals surface area contributed by atoms with E-state index >= 15 is 0 Å². The van der Waals surface area contributed by atoms with Crippen molar-refractivity contribution >= 4 is 11.9 Å². The summed E-state index contributed by atoms with van der Waals surface area (Å²) in [6, 6.07) is 0. The standard InChI is InChI=1S/C10H16O4.2Y/c1-5-3-7(9(11)12)8(10(13)14)4-6(5)2;;/h5-8H,3-4H2,1-2H3,(H,11,12)(H,13,14);;. The second-order valence-corrected chi connectivity index (χ2v) is 4.32. The number of aliphatic carboxylic acids is 2. The van der Waals surface area contributed by atoms with Gasteiger partial charge in [-0.2, -0.15) is 0 Å². The first-order chi connectivity index (χ1) is 6.43. The Bertz CT molecular complexity index is 231. The Hall–Kier alpha value is 1.15.